The van der Waals surface area contributed by atoms with E-state index in [1.165, 1.54) is 4.88 Å². The van der Waals surface area contributed by atoms with Gasteiger partial charge in [0.1, 0.15) is 0 Å². The highest BCUT2D eigenvalue weighted by Gasteiger charge is 2.21. The van der Waals surface area contributed by atoms with Crippen LogP contribution in [-0.4, -0.2) is 26.1 Å². The number of nitrogens with zero attached hydrogens (tertiary/aromatic N) is 1. The zero-order valence-corrected chi connectivity index (χ0v) is 12.9. The normalized spacial score (nSPS) is 12.9. The lowest BCUT2D eigenvalue weighted by atomic mass is 9.91. The van der Waals surface area contributed by atoms with Crippen LogP contribution >= 0.6 is 11.3 Å². The molecular weight excluding hydrogens is 242 g/mol. The molecule has 0 radical (unpaired) electrons. The summed E-state index contributed by atoms with van der Waals surface area (Å²) in [4.78, 5) is 5.64. The van der Waals surface area contributed by atoms with E-state index < -0.39 is 0 Å². The number of aliphatic imine (C=N–C) groups is 1. The smallest absolute Gasteiger partial charge is 0.191 e. The molecule has 0 fully saturated rings. The molecule has 1 aromatic heterocycles. The molecule has 0 amide bonds. The van der Waals surface area contributed by atoms with Gasteiger partial charge >= 0.3 is 0 Å². The molecule has 0 saturated carbocycles. The van der Waals surface area contributed by atoms with Crippen LogP contribution in [0.15, 0.2) is 22.5 Å². The molecule has 18 heavy (non-hydrogen) atoms. The lowest BCUT2D eigenvalue weighted by Crippen LogP contribution is -2.44. The average Bonchev–Trinajstić information content (AvgIpc) is 2.83. The Morgan fingerprint density at radius 3 is 2.61 bits per heavy atom. The zero-order chi connectivity index (χ0) is 13.6. The van der Waals surface area contributed by atoms with Crippen LogP contribution in [-0.2, 0) is 5.41 Å². The fraction of sp³-hybridized carbons (Fsp3) is 0.643. The van der Waals surface area contributed by atoms with Crippen molar-refractivity contribution in [3.05, 3.63) is 22.4 Å². The average molecular weight is 267 g/mol. The Morgan fingerprint density at radius 2 is 2.11 bits per heavy atom. The molecular formula is C14H25N3S. The molecule has 1 heterocycles. The summed E-state index contributed by atoms with van der Waals surface area (Å²) in [6.45, 7) is 10.7. The molecule has 0 spiro atoms. The lowest BCUT2D eigenvalue weighted by molar-refractivity contribution is 0.515. The summed E-state index contributed by atoms with van der Waals surface area (Å²) < 4.78 is 0. The quantitative estimate of drug-likeness (QED) is 0.636. The Morgan fingerprint density at radius 1 is 1.39 bits per heavy atom. The predicted octanol–water partition coefficient (Wildman–Crippen LogP) is 2.85. The maximum Gasteiger partial charge on any atom is 0.191 e. The highest BCUT2D eigenvalue weighted by molar-refractivity contribution is 7.10. The Kier molecular flexibility index (Phi) is 5.66. The second kappa shape index (κ2) is 6.78. The Balaban J connectivity index is 2.48. The van der Waals surface area contributed by atoms with Gasteiger partial charge in [0.05, 0.1) is 0 Å². The Bertz CT molecular complexity index is 366. The Labute approximate surface area is 115 Å². The van der Waals surface area contributed by atoms with E-state index in [1.54, 1.807) is 0 Å². The van der Waals surface area contributed by atoms with Gasteiger partial charge in [-0.3, -0.25) is 4.99 Å². The number of thiophene rings is 1. The van der Waals surface area contributed by atoms with Crippen LogP contribution in [0.2, 0.25) is 0 Å². The van der Waals surface area contributed by atoms with Crippen molar-refractivity contribution in [2.45, 2.75) is 33.1 Å². The third-order valence-corrected chi connectivity index (χ3v) is 4.02. The largest absolute Gasteiger partial charge is 0.356 e. The summed E-state index contributed by atoms with van der Waals surface area (Å²) in [6, 6.07) is 4.30. The monoisotopic (exact) mass is 267 g/mol. The van der Waals surface area contributed by atoms with Gasteiger partial charge in [-0.1, -0.05) is 33.8 Å². The first-order valence-corrected chi connectivity index (χ1v) is 7.32. The molecule has 0 aliphatic rings. The van der Waals surface area contributed by atoms with E-state index in [9.17, 15) is 0 Å². The van der Waals surface area contributed by atoms with E-state index in [2.05, 4.69) is 60.8 Å². The van der Waals surface area contributed by atoms with Crippen molar-refractivity contribution in [3.63, 3.8) is 0 Å². The van der Waals surface area contributed by atoms with Crippen molar-refractivity contribution in [2.24, 2.45) is 10.9 Å². The van der Waals surface area contributed by atoms with Crippen LogP contribution in [0.1, 0.15) is 32.6 Å². The summed E-state index contributed by atoms with van der Waals surface area (Å²) in [5.74, 6) is 1.50. The van der Waals surface area contributed by atoms with Crippen molar-refractivity contribution in [1.29, 1.82) is 0 Å². The van der Waals surface area contributed by atoms with Crippen molar-refractivity contribution >= 4 is 17.3 Å². The topological polar surface area (TPSA) is 36.4 Å². The summed E-state index contributed by atoms with van der Waals surface area (Å²) in [5, 5.41) is 8.86. The minimum atomic E-state index is 0.129. The maximum atomic E-state index is 4.24. The zero-order valence-electron chi connectivity index (χ0n) is 12.1. The Hall–Kier alpha value is -1.03. The molecule has 2 N–H and O–H groups in total. The summed E-state index contributed by atoms with van der Waals surface area (Å²) in [7, 11) is 1.81. The molecule has 0 aliphatic heterocycles. The molecule has 0 atom stereocenters. The van der Waals surface area contributed by atoms with Crippen LogP contribution in [0.4, 0.5) is 0 Å². The summed E-state index contributed by atoms with van der Waals surface area (Å²) >= 11 is 1.81. The second-order valence-electron chi connectivity index (χ2n) is 5.56. The van der Waals surface area contributed by atoms with E-state index in [0.29, 0.717) is 5.92 Å². The SMILES string of the molecule is CN=C(NCC(C)C)NCC(C)(C)c1cccs1. The molecule has 0 bridgehead atoms. The highest BCUT2D eigenvalue weighted by atomic mass is 32.1. The van der Waals surface area contributed by atoms with Gasteiger partial charge in [-0.15, -0.1) is 11.3 Å². The van der Waals surface area contributed by atoms with Gasteiger partial charge in [0, 0.05) is 30.4 Å². The number of guanidine groups is 1. The molecule has 0 unspecified atom stereocenters. The maximum absolute atomic E-state index is 4.24. The van der Waals surface area contributed by atoms with E-state index in [-0.39, 0.29) is 5.41 Å². The highest BCUT2D eigenvalue weighted by Crippen LogP contribution is 2.26. The van der Waals surface area contributed by atoms with E-state index >= 15 is 0 Å². The second-order valence-corrected chi connectivity index (χ2v) is 6.51. The van der Waals surface area contributed by atoms with Crippen LogP contribution < -0.4 is 10.6 Å². The molecule has 0 aliphatic carbocycles. The van der Waals surface area contributed by atoms with Gasteiger partial charge in [0.15, 0.2) is 5.96 Å². The minimum absolute atomic E-state index is 0.129. The number of hydrogen-bond acceptors (Lipinski definition) is 2. The van der Waals surface area contributed by atoms with Crippen LogP contribution in [0.3, 0.4) is 0 Å². The van der Waals surface area contributed by atoms with Gasteiger partial charge in [-0.2, -0.15) is 0 Å². The van der Waals surface area contributed by atoms with Gasteiger partial charge < -0.3 is 10.6 Å². The predicted molar refractivity (Wildman–Crippen MR) is 81.5 cm³/mol. The molecule has 0 aromatic carbocycles. The third-order valence-electron chi connectivity index (χ3n) is 2.79. The number of rotatable bonds is 5. The van der Waals surface area contributed by atoms with Crippen LogP contribution in [0, 0.1) is 5.92 Å². The van der Waals surface area contributed by atoms with E-state index in [4.69, 9.17) is 0 Å². The van der Waals surface area contributed by atoms with Crippen molar-refractivity contribution in [1.82, 2.24) is 10.6 Å². The first kappa shape index (κ1) is 15.0. The number of nitrogens with one attached hydrogen (secondary N) is 2. The van der Waals surface area contributed by atoms with Gasteiger partial charge in [0.25, 0.3) is 0 Å². The fourth-order valence-electron chi connectivity index (χ4n) is 1.58. The molecule has 4 heteroatoms. The number of hydrogen-bond donors (Lipinski definition) is 2. The summed E-state index contributed by atoms with van der Waals surface area (Å²) in [5.41, 5.74) is 0.129. The first-order valence-electron chi connectivity index (χ1n) is 6.44. The molecule has 3 nitrogen and oxygen atoms in total. The minimum Gasteiger partial charge on any atom is -0.356 e. The van der Waals surface area contributed by atoms with Gasteiger partial charge in [-0.25, -0.2) is 0 Å². The molecule has 1 rings (SSSR count). The van der Waals surface area contributed by atoms with Crippen molar-refractivity contribution in [2.75, 3.05) is 20.1 Å². The summed E-state index contributed by atoms with van der Waals surface area (Å²) in [6.07, 6.45) is 0. The van der Waals surface area contributed by atoms with Crippen molar-refractivity contribution < 1.29 is 0 Å². The first-order chi connectivity index (χ1) is 8.45. The third kappa shape index (κ3) is 4.69. The van der Waals surface area contributed by atoms with Crippen LogP contribution in [0.5, 0.6) is 0 Å². The fourth-order valence-corrected chi connectivity index (χ4v) is 2.43. The van der Waals surface area contributed by atoms with Gasteiger partial charge in [0.2, 0.25) is 0 Å². The van der Waals surface area contributed by atoms with E-state index in [1.807, 2.05) is 18.4 Å². The lowest BCUT2D eigenvalue weighted by Gasteiger charge is -2.25. The van der Waals surface area contributed by atoms with Gasteiger partial charge in [-0.05, 0) is 17.4 Å². The van der Waals surface area contributed by atoms with Crippen molar-refractivity contribution in [3.8, 4) is 0 Å². The van der Waals surface area contributed by atoms with Crippen LogP contribution in [0.25, 0.3) is 0 Å². The van der Waals surface area contributed by atoms with E-state index in [0.717, 1.165) is 19.0 Å². The molecule has 102 valence electrons. The standard InChI is InChI=1S/C14H25N3S/c1-11(2)9-16-13(15-5)17-10-14(3,4)12-7-6-8-18-12/h6-8,11H,9-10H2,1-5H3,(H2,15,16,17). The molecule has 0 saturated heterocycles. The molecule has 1 aromatic rings.